The molecule has 0 N–H and O–H groups in total. The van der Waals surface area contributed by atoms with E-state index in [1.54, 1.807) is 0 Å². The van der Waals surface area contributed by atoms with Crippen LogP contribution in [0, 0.1) is 0 Å². The van der Waals surface area contributed by atoms with Crippen molar-refractivity contribution in [2.75, 3.05) is 14.1 Å². The molecule has 3 rings (SSSR count). The minimum absolute atomic E-state index is 0.461. The van der Waals surface area contributed by atoms with E-state index in [0.717, 1.165) is 0 Å². The van der Waals surface area contributed by atoms with Crippen molar-refractivity contribution in [3.63, 3.8) is 0 Å². The first kappa shape index (κ1) is 12.6. The Kier molecular flexibility index (Phi) is 3.50. The molecule has 0 saturated carbocycles. The molecule has 0 radical (unpaired) electrons. The minimum Gasteiger partial charge on any atom is -0.372 e. The lowest BCUT2D eigenvalue weighted by Crippen LogP contribution is -2.45. The summed E-state index contributed by atoms with van der Waals surface area (Å²) in [7, 11) is 4.38. The molecule has 2 aliphatic heterocycles. The smallest absolute Gasteiger partial charge is 0.0709 e. The van der Waals surface area contributed by atoms with Crippen LogP contribution in [0.3, 0.4) is 0 Å². The number of fused-ring (bicyclic) bond motifs is 3. The van der Waals surface area contributed by atoms with Gasteiger partial charge < -0.3 is 9.80 Å². The summed E-state index contributed by atoms with van der Waals surface area (Å²) in [6.45, 7) is 0. The summed E-state index contributed by atoms with van der Waals surface area (Å²) in [4.78, 5) is 4.69. The van der Waals surface area contributed by atoms with Crippen LogP contribution in [0.25, 0.3) is 0 Å². The van der Waals surface area contributed by atoms with E-state index in [2.05, 4.69) is 60.6 Å². The van der Waals surface area contributed by atoms with Gasteiger partial charge >= 0.3 is 0 Å². The van der Waals surface area contributed by atoms with Gasteiger partial charge in [-0.15, -0.1) is 0 Å². The van der Waals surface area contributed by atoms with Gasteiger partial charge in [0.25, 0.3) is 0 Å². The summed E-state index contributed by atoms with van der Waals surface area (Å²) in [6.07, 6.45) is 20.5. The van der Waals surface area contributed by atoms with E-state index in [-0.39, 0.29) is 0 Å². The van der Waals surface area contributed by atoms with Crippen molar-refractivity contribution < 1.29 is 0 Å². The molecule has 0 saturated heterocycles. The van der Waals surface area contributed by atoms with Crippen molar-refractivity contribution in [1.29, 1.82) is 0 Å². The highest BCUT2D eigenvalue weighted by molar-refractivity contribution is 5.32. The second-order valence-electron chi connectivity index (χ2n) is 5.99. The van der Waals surface area contributed by atoms with Crippen molar-refractivity contribution in [3.05, 3.63) is 47.9 Å². The molecule has 102 valence electrons. The fourth-order valence-corrected chi connectivity index (χ4v) is 3.26. The summed E-state index contributed by atoms with van der Waals surface area (Å²) in [5.74, 6) is 0. The van der Waals surface area contributed by atoms with Gasteiger partial charge in [0, 0.05) is 14.1 Å². The Bertz CT molecular complexity index is 414. The van der Waals surface area contributed by atoms with Crippen LogP contribution in [0.4, 0.5) is 0 Å². The maximum Gasteiger partial charge on any atom is 0.0709 e. The number of nitrogens with zero attached hydrogens (tertiary/aromatic N) is 2. The Hall–Kier alpha value is -1.44. The summed E-state index contributed by atoms with van der Waals surface area (Å²) < 4.78 is 0. The lowest BCUT2D eigenvalue weighted by Gasteiger charge is -2.39. The summed E-state index contributed by atoms with van der Waals surface area (Å²) >= 11 is 0. The number of hydrogen-bond acceptors (Lipinski definition) is 2. The molecule has 2 heterocycles. The van der Waals surface area contributed by atoms with E-state index < -0.39 is 0 Å². The van der Waals surface area contributed by atoms with E-state index in [1.165, 1.54) is 43.3 Å². The van der Waals surface area contributed by atoms with Crippen molar-refractivity contribution >= 4 is 0 Å². The first-order valence-electron chi connectivity index (χ1n) is 7.46. The minimum atomic E-state index is 0.461. The van der Waals surface area contributed by atoms with Crippen LogP contribution in [-0.2, 0) is 0 Å². The van der Waals surface area contributed by atoms with Crippen LogP contribution >= 0.6 is 0 Å². The second-order valence-corrected chi connectivity index (χ2v) is 5.99. The van der Waals surface area contributed by atoms with Gasteiger partial charge in [-0.2, -0.15) is 0 Å². The topological polar surface area (TPSA) is 6.48 Å². The van der Waals surface area contributed by atoms with Crippen LogP contribution in [-0.4, -0.2) is 36.0 Å². The Morgan fingerprint density at radius 2 is 1.26 bits per heavy atom. The largest absolute Gasteiger partial charge is 0.372 e. The van der Waals surface area contributed by atoms with Crippen LogP contribution in [0.15, 0.2) is 47.9 Å². The maximum atomic E-state index is 2.47. The van der Waals surface area contributed by atoms with Crippen LogP contribution in [0.1, 0.15) is 32.1 Å². The molecule has 2 heteroatoms. The molecular weight excluding hydrogens is 232 g/mol. The molecule has 2 nitrogen and oxygen atoms in total. The van der Waals surface area contributed by atoms with E-state index >= 15 is 0 Å². The first-order valence-corrected chi connectivity index (χ1v) is 7.46. The van der Waals surface area contributed by atoms with E-state index in [0.29, 0.717) is 12.1 Å². The summed E-state index contributed by atoms with van der Waals surface area (Å²) in [5.41, 5.74) is 3.03. The Balaban J connectivity index is 1.93. The third-order valence-electron chi connectivity index (χ3n) is 4.54. The fourth-order valence-electron chi connectivity index (χ4n) is 3.26. The number of allylic oxidation sites excluding steroid dienone is 4. The predicted molar refractivity (Wildman–Crippen MR) is 80.6 cm³/mol. The Morgan fingerprint density at radius 1 is 0.789 bits per heavy atom. The van der Waals surface area contributed by atoms with Gasteiger partial charge in [0.2, 0.25) is 0 Å². The third-order valence-corrected chi connectivity index (χ3v) is 4.54. The monoisotopic (exact) mass is 256 g/mol. The molecule has 2 unspecified atom stereocenters. The van der Waals surface area contributed by atoms with Crippen molar-refractivity contribution in [3.8, 4) is 0 Å². The summed E-state index contributed by atoms with van der Waals surface area (Å²) in [6, 6.07) is 0.922. The molecule has 0 amide bonds. The molecule has 2 atom stereocenters. The lowest BCUT2D eigenvalue weighted by atomic mass is 9.94. The van der Waals surface area contributed by atoms with Crippen LogP contribution in [0.2, 0.25) is 0 Å². The second kappa shape index (κ2) is 5.28. The Labute approximate surface area is 116 Å². The normalized spacial score (nSPS) is 30.6. The molecule has 3 aliphatic rings. The zero-order valence-electron chi connectivity index (χ0n) is 12.0. The molecular formula is C17H24N2. The van der Waals surface area contributed by atoms with Gasteiger partial charge in [0.15, 0.2) is 0 Å². The van der Waals surface area contributed by atoms with Crippen LogP contribution in [0.5, 0.6) is 0 Å². The molecule has 0 fully saturated rings. The highest BCUT2D eigenvalue weighted by atomic mass is 15.2. The van der Waals surface area contributed by atoms with Crippen molar-refractivity contribution in [2.45, 2.75) is 44.2 Å². The van der Waals surface area contributed by atoms with Gasteiger partial charge in [-0.25, -0.2) is 0 Å². The van der Waals surface area contributed by atoms with Gasteiger partial charge in [-0.05, 0) is 61.4 Å². The van der Waals surface area contributed by atoms with Gasteiger partial charge in [-0.3, -0.25) is 0 Å². The molecule has 0 aromatic rings. The molecule has 0 aromatic heterocycles. The average Bonchev–Trinajstić information content (AvgIpc) is 2.44. The highest BCUT2D eigenvalue weighted by Gasteiger charge is 2.27. The maximum absolute atomic E-state index is 2.47. The predicted octanol–water partition coefficient (Wildman–Crippen LogP) is 3.46. The average molecular weight is 256 g/mol. The zero-order valence-corrected chi connectivity index (χ0v) is 12.0. The molecule has 4 bridgehead atoms. The van der Waals surface area contributed by atoms with Gasteiger partial charge in [0.1, 0.15) is 0 Å². The third kappa shape index (κ3) is 2.63. The van der Waals surface area contributed by atoms with E-state index in [4.69, 9.17) is 0 Å². The van der Waals surface area contributed by atoms with Crippen molar-refractivity contribution in [1.82, 2.24) is 9.80 Å². The van der Waals surface area contributed by atoms with Crippen LogP contribution < -0.4 is 0 Å². The summed E-state index contributed by atoms with van der Waals surface area (Å²) in [5, 5.41) is 0. The Morgan fingerprint density at radius 3 is 1.74 bits per heavy atom. The molecule has 0 aromatic carbocycles. The molecule has 1 aliphatic carbocycles. The zero-order chi connectivity index (χ0) is 13.2. The van der Waals surface area contributed by atoms with Crippen molar-refractivity contribution in [2.24, 2.45) is 0 Å². The number of hydrogen-bond donors (Lipinski definition) is 0. The standard InChI is InChI=1S/C17H24N2/c1-18-10-8-14-6-4-3-5-7-15-9-11-19(2)17(13-15)16(18)12-14/h8-13,16-17H,3-7H2,1-2H3. The highest BCUT2D eigenvalue weighted by Crippen LogP contribution is 2.27. The quantitative estimate of drug-likeness (QED) is 0.655. The first-order chi connectivity index (χ1) is 9.24. The van der Waals surface area contributed by atoms with E-state index in [1.807, 2.05) is 0 Å². The molecule has 19 heavy (non-hydrogen) atoms. The van der Waals surface area contributed by atoms with Gasteiger partial charge in [-0.1, -0.05) is 18.6 Å². The number of likely N-dealkylation sites (N-methyl/N-ethyl adjacent to an activating group) is 2. The molecule has 0 spiro atoms. The van der Waals surface area contributed by atoms with E-state index in [9.17, 15) is 0 Å². The van der Waals surface area contributed by atoms with Gasteiger partial charge in [0.05, 0.1) is 12.1 Å². The number of rotatable bonds is 0. The SMILES string of the molecule is CN1C=CC2=CC1C1C=C(C=CN1C)CCCCC2. The fraction of sp³-hybridized carbons (Fsp3) is 0.529. The lowest BCUT2D eigenvalue weighted by molar-refractivity contribution is 0.245.